The van der Waals surface area contributed by atoms with Gasteiger partial charge in [0.05, 0.1) is 0 Å². The van der Waals surface area contributed by atoms with Gasteiger partial charge in [-0.1, -0.05) is 12.1 Å². The van der Waals surface area contributed by atoms with Crippen molar-refractivity contribution in [2.45, 2.75) is 32.4 Å². The highest BCUT2D eigenvalue weighted by Crippen LogP contribution is 2.16. The molecule has 0 saturated carbocycles. The maximum Gasteiger partial charge on any atom is 0.408 e. The van der Waals surface area contributed by atoms with Crippen LogP contribution in [0.15, 0.2) is 24.3 Å². The van der Waals surface area contributed by atoms with Crippen LogP contribution >= 0.6 is 0 Å². The fraction of sp³-hybridized carbons (Fsp3) is 0.385. The largest absolute Gasteiger partial charge is 0.479 e. The second kappa shape index (κ2) is 5.60. The molecule has 1 rings (SSSR count). The van der Waals surface area contributed by atoms with Gasteiger partial charge in [0.2, 0.25) is 0 Å². The van der Waals surface area contributed by atoms with Gasteiger partial charge in [-0.05, 0) is 38.5 Å². The molecular formula is C13H18N2O4. The molecular weight excluding hydrogens is 248 g/mol. The number of alkyl carbamates (subject to hydrolysis) is 1. The van der Waals surface area contributed by atoms with Crippen LogP contribution in [0.25, 0.3) is 0 Å². The molecule has 0 aromatic heterocycles. The Morgan fingerprint density at radius 2 is 1.79 bits per heavy atom. The van der Waals surface area contributed by atoms with E-state index in [0.717, 1.165) is 0 Å². The van der Waals surface area contributed by atoms with E-state index in [0.29, 0.717) is 11.3 Å². The normalized spacial score (nSPS) is 12.6. The molecule has 0 fully saturated rings. The molecule has 0 radical (unpaired) electrons. The first-order valence-electron chi connectivity index (χ1n) is 5.77. The average Bonchev–Trinajstić information content (AvgIpc) is 2.24. The Morgan fingerprint density at radius 3 is 2.21 bits per heavy atom. The lowest BCUT2D eigenvalue weighted by Gasteiger charge is -2.22. The fourth-order valence-corrected chi connectivity index (χ4v) is 1.40. The maximum absolute atomic E-state index is 11.6. The number of carbonyl (C=O) groups is 2. The zero-order chi connectivity index (χ0) is 14.6. The van der Waals surface area contributed by atoms with Crippen molar-refractivity contribution in [1.82, 2.24) is 5.32 Å². The molecule has 0 spiro atoms. The van der Waals surface area contributed by atoms with Gasteiger partial charge in [0.1, 0.15) is 5.60 Å². The summed E-state index contributed by atoms with van der Waals surface area (Å²) in [5.41, 5.74) is 5.78. The quantitative estimate of drug-likeness (QED) is 0.725. The maximum atomic E-state index is 11.6. The van der Waals surface area contributed by atoms with Crippen molar-refractivity contribution in [2.75, 3.05) is 5.73 Å². The number of nitrogen functional groups attached to an aromatic ring is 1. The Kier molecular flexibility index (Phi) is 4.37. The molecule has 4 N–H and O–H groups in total. The standard InChI is InChI=1S/C13H18N2O4/c1-13(2,3)19-12(18)15-10(11(16)17)8-4-6-9(14)7-5-8/h4-7,10H,14H2,1-3H3,(H,15,18)(H,16,17)/t10-/m1/s1. The van der Waals surface area contributed by atoms with Crippen LogP contribution in [0.5, 0.6) is 0 Å². The van der Waals surface area contributed by atoms with Crippen LogP contribution in [0, 0.1) is 0 Å². The lowest BCUT2D eigenvalue weighted by atomic mass is 10.1. The van der Waals surface area contributed by atoms with Crippen molar-refractivity contribution in [1.29, 1.82) is 0 Å². The SMILES string of the molecule is CC(C)(C)OC(=O)N[C@@H](C(=O)O)c1ccc(N)cc1. The molecule has 0 bridgehead atoms. The van der Waals surface area contributed by atoms with Gasteiger partial charge in [-0.2, -0.15) is 0 Å². The van der Waals surface area contributed by atoms with Gasteiger partial charge in [0.15, 0.2) is 6.04 Å². The van der Waals surface area contributed by atoms with Crippen molar-refractivity contribution in [3.05, 3.63) is 29.8 Å². The van der Waals surface area contributed by atoms with Gasteiger partial charge in [0.25, 0.3) is 0 Å². The molecule has 104 valence electrons. The number of hydrogen-bond acceptors (Lipinski definition) is 4. The number of carboxylic acid groups (broad SMARTS) is 1. The van der Waals surface area contributed by atoms with Gasteiger partial charge in [-0.25, -0.2) is 9.59 Å². The van der Waals surface area contributed by atoms with Crippen LogP contribution in [0.4, 0.5) is 10.5 Å². The minimum atomic E-state index is -1.17. The van der Waals surface area contributed by atoms with E-state index in [1.165, 1.54) is 0 Å². The van der Waals surface area contributed by atoms with Crippen molar-refractivity contribution >= 4 is 17.7 Å². The third-order valence-corrected chi connectivity index (χ3v) is 2.18. The molecule has 0 aliphatic heterocycles. The van der Waals surface area contributed by atoms with E-state index in [1.54, 1.807) is 45.0 Å². The van der Waals surface area contributed by atoms with Crippen molar-refractivity contribution < 1.29 is 19.4 Å². The third kappa shape index (κ3) is 4.87. The monoisotopic (exact) mass is 266 g/mol. The highest BCUT2D eigenvalue weighted by Gasteiger charge is 2.25. The predicted octanol–water partition coefficient (Wildman–Crippen LogP) is 1.92. The number of benzene rings is 1. The summed E-state index contributed by atoms with van der Waals surface area (Å²) in [4.78, 5) is 22.8. The minimum Gasteiger partial charge on any atom is -0.479 e. The molecule has 0 saturated heterocycles. The van der Waals surface area contributed by atoms with Crippen LogP contribution in [-0.4, -0.2) is 22.8 Å². The molecule has 0 heterocycles. The summed E-state index contributed by atoms with van der Waals surface area (Å²) in [6.45, 7) is 5.10. The van der Waals surface area contributed by atoms with Crippen LogP contribution in [0.1, 0.15) is 32.4 Å². The molecule has 6 heteroatoms. The molecule has 1 amide bonds. The number of aliphatic carboxylic acids is 1. The minimum absolute atomic E-state index is 0.424. The van der Waals surface area contributed by atoms with Crippen LogP contribution in [0.2, 0.25) is 0 Å². The van der Waals surface area contributed by atoms with E-state index in [4.69, 9.17) is 15.6 Å². The first kappa shape index (κ1) is 14.8. The van der Waals surface area contributed by atoms with Crippen molar-refractivity contribution in [2.24, 2.45) is 0 Å². The molecule has 1 aromatic rings. The number of nitrogens with one attached hydrogen (secondary N) is 1. The Bertz CT molecular complexity index is 463. The fourth-order valence-electron chi connectivity index (χ4n) is 1.40. The first-order chi connectivity index (χ1) is 8.69. The number of carbonyl (C=O) groups excluding carboxylic acids is 1. The Balaban J connectivity index is 2.82. The lowest BCUT2D eigenvalue weighted by molar-refractivity contribution is -0.139. The molecule has 0 unspecified atom stereocenters. The molecule has 1 atom stereocenters. The van der Waals surface area contributed by atoms with E-state index in [2.05, 4.69) is 5.32 Å². The molecule has 6 nitrogen and oxygen atoms in total. The van der Waals surface area contributed by atoms with Crippen LogP contribution in [-0.2, 0) is 9.53 Å². The predicted molar refractivity (Wildman–Crippen MR) is 70.6 cm³/mol. The topological polar surface area (TPSA) is 102 Å². The zero-order valence-corrected chi connectivity index (χ0v) is 11.1. The van der Waals surface area contributed by atoms with Gasteiger partial charge in [-0.3, -0.25) is 0 Å². The Morgan fingerprint density at radius 1 is 1.26 bits per heavy atom. The van der Waals surface area contributed by atoms with Gasteiger partial charge < -0.3 is 20.9 Å². The van der Waals surface area contributed by atoms with Crippen LogP contribution in [0.3, 0.4) is 0 Å². The highest BCUT2D eigenvalue weighted by molar-refractivity contribution is 5.81. The summed E-state index contributed by atoms with van der Waals surface area (Å²) in [5.74, 6) is -1.17. The number of carboxylic acids is 1. The zero-order valence-electron chi connectivity index (χ0n) is 11.1. The number of ether oxygens (including phenoxy) is 1. The molecule has 19 heavy (non-hydrogen) atoms. The second-order valence-corrected chi connectivity index (χ2v) is 5.08. The second-order valence-electron chi connectivity index (χ2n) is 5.08. The summed E-state index contributed by atoms with van der Waals surface area (Å²) in [7, 11) is 0. The number of hydrogen-bond donors (Lipinski definition) is 3. The summed E-state index contributed by atoms with van der Waals surface area (Å²) in [6, 6.07) is 5.07. The van der Waals surface area contributed by atoms with Gasteiger partial charge in [-0.15, -0.1) is 0 Å². The van der Waals surface area contributed by atoms with E-state index < -0.39 is 23.7 Å². The van der Waals surface area contributed by atoms with E-state index >= 15 is 0 Å². The van der Waals surface area contributed by atoms with Gasteiger partial charge in [0, 0.05) is 5.69 Å². The molecule has 1 aromatic carbocycles. The summed E-state index contributed by atoms with van der Waals surface area (Å²) in [5, 5.41) is 11.4. The molecule has 0 aliphatic rings. The van der Waals surface area contributed by atoms with E-state index in [9.17, 15) is 9.59 Å². The molecule has 0 aliphatic carbocycles. The van der Waals surface area contributed by atoms with Crippen LogP contribution < -0.4 is 11.1 Å². The number of amides is 1. The van der Waals surface area contributed by atoms with Gasteiger partial charge >= 0.3 is 12.1 Å². The summed E-state index contributed by atoms with van der Waals surface area (Å²) >= 11 is 0. The van der Waals surface area contributed by atoms with E-state index in [1.807, 2.05) is 0 Å². The van der Waals surface area contributed by atoms with E-state index in [-0.39, 0.29) is 0 Å². The smallest absolute Gasteiger partial charge is 0.408 e. The van der Waals surface area contributed by atoms with Crippen molar-refractivity contribution in [3.8, 4) is 0 Å². The summed E-state index contributed by atoms with van der Waals surface area (Å²) in [6.07, 6.45) is -0.781. The van der Waals surface area contributed by atoms with Crippen molar-refractivity contribution in [3.63, 3.8) is 0 Å². The Labute approximate surface area is 111 Å². The summed E-state index contributed by atoms with van der Waals surface area (Å²) < 4.78 is 5.03. The number of nitrogens with two attached hydrogens (primary N) is 1. The number of rotatable bonds is 3. The first-order valence-corrected chi connectivity index (χ1v) is 5.77. The average molecular weight is 266 g/mol. The lowest BCUT2D eigenvalue weighted by Crippen LogP contribution is -2.38. The Hall–Kier alpha value is -2.24. The third-order valence-electron chi connectivity index (χ3n) is 2.18. The number of anilines is 1. The highest BCUT2D eigenvalue weighted by atomic mass is 16.6.